The molecule has 128 valence electrons. The zero-order valence-corrected chi connectivity index (χ0v) is 13.8. The summed E-state index contributed by atoms with van der Waals surface area (Å²) in [6, 6.07) is 8.89. The molecule has 7 heteroatoms. The van der Waals surface area contributed by atoms with Gasteiger partial charge in [-0.2, -0.15) is 0 Å². The Kier molecular flexibility index (Phi) is 3.76. The van der Waals surface area contributed by atoms with Crippen LogP contribution >= 0.6 is 0 Å². The molecule has 3 heterocycles. The highest BCUT2D eigenvalue weighted by Gasteiger charge is 2.16. The van der Waals surface area contributed by atoms with Gasteiger partial charge in [0, 0.05) is 12.7 Å². The van der Waals surface area contributed by atoms with Crippen LogP contribution in [-0.4, -0.2) is 20.9 Å². The molecule has 0 atom stereocenters. The fraction of sp³-hybridized carbons (Fsp3) is 0.278. The number of rotatable bonds is 4. The summed E-state index contributed by atoms with van der Waals surface area (Å²) >= 11 is 0. The SMILES string of the molecule is CCCn1c(=O)n(Cc2ccc3c(c2)OCO3)c(=O)c2ncccc21. The van der Waals surface area contributed by atoms with Crippen molar-refractivity contribution in [3.63, 3.8) is 0 Å². The Hall–Kier alpha value is -3.09. The molecule has 0 N–H and O–H groups in total. The van der Waals surface area contributed by atoms with E-state index >= 15 is 0 Å². The number of aromatic nitrogens is 3. The Bertz CT molecular complexity index is 1070. The highest BCUT2D eigenvalue weighted by Crippen LogP contribution is 2.32. The van der Waals surface area contributed by atoms with Crippen LogP contribution in [0.4, 0.5) is 0 Å². The lowest BCUT2D eigenvalue weighted by molar-refractivity contribution is 0.174. The van der Waals surface area contributed by atoms with Gasteiger partial charge in [-0.1, -0.05) is 13.0 Å². The van der Waals surface area contributed by atoms with Gasteiger partial charge in [0.15, 0.2) is 17.0 Å². The summed E-state index contributed by atoms with van der Waals surface area (Å²) in [7, 11) is 0. The summed E-state index contributed by atoms with van der Waals surface area (Å²) in [6.07, 6.45) is 2.35. The summed E-state index contributed by atoms with van der Waals surface area (Å²) in [5.41, 5.74) is 0.954. The quantitative estimate of drug-likeness (QED) is 0.724. The van der Waals surface area contributed by atoms with Crippen LogP contribution in [0.2, 0.25) is 0 Å². The van der Waals surface area contributed by atoms with Gasteiger partial charge in [-0.15, -0.1) is 0 Å². The lowest BCUT2D eigenvalue weighted by Crippen LogP contribution is -2.40. The monoisotopic (exact) mass is 339 g/mol. The summed E-state index contributed by atoms with van der Waals surface area (Å²) in [6.45, 7) is 2.86. The van der Waals surface area contributed by atoms with Crippen LogP contribution in [0.3, 0.4) is 0 Å². The molecular formula is C18H17N3O4. The number of ether oxygens (including phenoxy) is 2. The van der Waals surface area contributed by atoms with Crippen LogP contribution in [0, 0.1) is 0 Å². The lowest BCUT2D eigenvalue weighted by Gasteiger charge is -2.13. The smallest absolute Gasteiger partial charge is 0.331 e. The first kappa shape index (κ1) is 15.4. The van der Waals surface area contributed by atoms with E-state index in [1.54, 1.807) is 35.0 Å². The Labute approximate surface area is 143 Å². The molecule has 1 aliphatic rings. The van der Waals surface area contributed by atoms with Gasteiger partial charge in [0.2, 0.25) is 6.79 Å². The van der Waals surface area contributed by atoms with Crippen molar-refractivity contribution in [3.8, 4) is 11.5 Å². The molecule has 1 aromatic carbocycles. The lowest BCUT2D eigenvalue weighted by atomic mass is 10.2. The highest BCUT2D eigenvalue weighted by molar-refractivity contribution is 5.73. The second kappa shape index (κ2) is 6.08. The minimum atomic E-state index is -0.384. The van der Waals surface area contributed by atoms with E-state index in [4.69, 9.17) is 9.47 Å². The van der Waals surface area contributed by atoms with E-state index < -0.39 is 0 Å². The van der Waals surface area contributed by atoms with Gasteiger partial charge in [-0.3, -0.25) is 13.9 Å². The molecule has 0 radical (unpaired) electrons. The van der Waals surface area contributed by atoms with Crippen LogP contribution in [0.5, 0.6) is 11.5 Å². The molecule has 0 amide bonds. The van der Waals surface area contributed by atoms with E-state index in [0.29, 0.717) is 29.1 Å². The third-order valence-corrected chi connectivity index (χ3v) is 4.21. The third kappa shape index (κ3) is 2.57. The number of hydrogen-bond donors (Lipinski definition) is 0. The van der Waals surface area contributed by atoms with Gasteiger partial charge in [-0.25, -0.2) is 9.78 Å². The van der Waals surface area contributed by atoms with E-state index in [1.807, 2.05) is 13.0 Å². The number of aryl methyl sites for hydroxylation is 1. The van der Waals surface area contributed by atoms with Gasteiger partial charge in [-0.05, 0) is 36.2 Å². The molecule has 0 saturated heterocycles. The number of benzene rings is 1. The van der Waals surface area contributed by atoms with E-state index in [-0.39, 0.29) is 24.6 Å². The fourth-order valence-electron chi connectivity index (χ4n) is 3.04. The van der Waals surface area contributed by atoms with Crippen LogP contribution in [0.25, 0.3) is 11.0 Å². The number of nitrogens with zero attached hydrogens (tertiary/aromatic N) is 3. The van der Waals surface area contributed by atoms with Gasteiger partial charge in [0.25, 0.3) is 5.56 Å². The summed E-state index contributed by atoms with van der Waals surface area (Å²) in [5, 5.41) is 0. The van der Waals surface area contributed by atoms with Crippen LogP contribution < -0.4 is 20.7 Å². The molecular weight excluding hydrogens is 322 g/mol. The first-order chi connectivity index (χ1) is 12.2. The van der Waals surface area contributed by atoms with E-state index in [0.717, 1.165) is 12.0 Å². The zero-order valence-electron chi connectivity index (χ0n) is 13.8. The molecule has 2 aromatic heterocycles. The first-order valence-corrected chi connectivity index (χ1v) is 8.16. The largest absolute Gasteiger partial charge is 0.454 e. The van der Waals surface area contributed by atoms with Crippen molar-refractivity contribution in [1.82, 2.24) is 14.1 Å². The van der Waals surface area contributed by atoms with Crippen molar-refractivity contribution in [3.05, 3.63) is 62.9 Å². The van der Waals surface area contributed by atoms with Crippen molar-refractivity contribution in [2.24, 2.45) is 0 Å². The first-order valence-electron chi connectivity index (χ1n) is 8.16. The molecule has 3 aromatic rings. The average Bonchev–Trinajstić information content (AvgIpc) is 3.10. The van der Waals surface area contributed by atoms with Crippen molar-refractivity contribution in [2.45, 2.75) is 26.4 Å². The third-order valence-electron chi connectivity index (χ3n) is 4.21. The maximum Gasteiger partial charge on any atom is 0.331 e. The van der Waals surface area contributed by atoms with E-state index in [1.165, 1.54) is 4.57 Å². The predicted molar refractivity (Wildman–Crippen MR) is 92.2 cm³/mol. The number of hydrogen-bond acceptors (Lipinski definition) is 5. The Morgan fingerprint density at radius 3 is 2.80 bits per heavy atom. The van der Waals surface area contributed by atoms with Crippen molar-refractivity contribution >= 4 is 11.0 Å². The van der Waals surface area contributed by atoms with Crippen molar-refractivity contribution in [2.75, 3.05) is 6.79 Å². The summed E-state index contributed by atoms with van der Waals surface area (Å²) < 4.78 is 13.5. The minimum Gasteiger partial charge on any atom is -0.454 e. The molecule has 7 nitrogen and oxygen atoms in total. The van der Waals surface area contributed by atoms with Gasteiger partial charge in [0.1, 0.15) is 0 Å². The van der Waals surface area contributed by atoms with Gasteiger partial charge >= 0.3 is 5.69 Å². The van der Waals surface area contributed by atoms with Crippen LogP contribution in [0.1, 0.15) is 18.9 Å². The maximum atomic E-state index is 12.9. The molecule has 0 saturated carbocycles. The van der Waals surface area contributed by atoms with E-state index in [2.05, 4.69) is 4.98 Å². The Morgan fingerprint density at radius 2 is 1.96 bits per heavy atom. The summed E-state index contributed by atoms with van der Waals surface area (Å²) in [5.74, 6) is 1.29. The maximum absolute atomic E-state index is 12.9. The normalized spacial score (nSPS) is 12.7. The zero-order chi connectivity index (χ0) is 17.4. The van der Waals surface area contributed by atoms with Gasteiger partial charge in [0.05, 0.1) is 12.1 Å². The Morgan fingerprint density at radius 1 is 1.12 bits per heavy atom. The summed E-state index contributed by atoms with van der Waals surface area (Å²) in [4.78, 5) is 29.8. The minimum absolute atomic E-state index is 0.157. The second-order valence-electron chi connectivity index (χ2n) is 5.88. The van der Waals surface area contributed by atoms with Crippen LogP contribution in [-0.2, 0) is 13.1 Å². The molecule has 0 spiro atoms. The van der Waals surface area contributed by atoms with Crippen LogP contribution in [0.15, 0.2) is 46.1 Å². The number of pyridine rings is 1. The standard InChI is InChI=1S/C18H17N3O4/c1-2-8-20-13-4-3-7-19-16(13)17(22)21(18(20)23)10-12-5-6-14-15(9-12)25-11-24-14/h3-7,9H,2,8,10-11H2,1H3. The molecule has 0 aliphatic carbocycles. The molecule has 1 aliphatic heterocycles. The molecule has 4 rings (SSSR count). The average molecular weight is 339 g/mol. The molecule has 0 fully saturated rings. The topological polar surface area (TPSA) is 75.3 Å². The fourth-order valence-corrected chi connectivity index (χ4v) is 3.04. The highest BCUT2D eigenvalue weighted by atomic mass is 16.7. The predicted octanol–water partition coefficient (Wildman–Crippen LogP) is 1.75. The van der Waals surface area contributed by atoms with Crippen molar-refractivity contribution < 1.29 is 9.47 Å². The second-order valence-corrected chi connectivity index (χ2v) is 5.88. The molecule has 0 bridgehead atoms. The van der Waals surface area contributed by atoms with E-state index in [9.17, 15) is 9.59 Å². The Balaban J connectivity index is 1.87. The molecule has 0 unspecified atom stereocenters. The van der Waals surface area contributed by atoms with Crippen molar-refractivity contribution in [1.29, 1.82) is 0 Å². The molecule has 25 heavy (non-hydrogen) atoms. The van der Waals surface area contributed by atoms with Gasteiger partial charge < -0.3 is 9.47 Å². The number of fused-ring (bicyclic) bond motifs is 2.